The Bertz CT molecular complexity index is 1150. The number of aromatic nitrogens is 5. The Labute approximate surface area is 160 Å². The molecular weight excluding hydrogens is 356 g/mol. The van der Waals surface area contributed by atoms with Crippen LogP contribution in [0.2, 0.25) is 0 Å². The standard InChI is InChI=1S/C20H22N6O2/c21-3-1-5-28-20-8-11-6-12(9-20)16(13(7-11)10-20)26-17-14-2-4-22-18(14)24-23-15(17)19(27)25-26/h2,4,11-13,16H,1,5-10H2,(H,22,24)(H,25,27). The van der Waals surface area contributed by atoms with Crippen LogP contribution in [0.1, 0.15) is 44.6 Å². The minimum atomic E-state index is -0.167. The molecule has 4 aliphatic carbocycles. The van der Waals surface area contributed by atoms with Crippen LogP contribution in [0, 0.1) is 29.1 Å². The summed E-state index contributed by atoms with van der Waals surface area (Å²) in [5.41, 5.74) is 1.75. The Morgan fingerprint density at radius 2 is 2.11 bits per heavy atom. The smallest absolute Gasteiger partial charge is 0.292 e. The molecular formula is C20H22N6O2. The Hall–Kier alpha value is -2.66. The van der Waals surface area contributed by atoms with Crippen LogP contribution in [-0.2, 0) is 4.74 Å². The zero-order chi connectivity index (χ0) is 18.9. The number of hydrogen-bond acceptors (Lipinski definition) is 5. The van der Waals surface area contributed by atoms with Crippen LogP contribution >= 0.6 is 0 Å². The summed E-state index contributed by atoms with van der Waals surface area (Å²) in [6.45, 7) is 0.524. The average molecular weight is 378 g/mol. The van der Waals surface area contributed by atoms with Crippen LogP contribution in [0.5, 0.6) is 0 Å². The summed E-state index contributed by atoms with van der Waals surface area (Å²) in [7, 11) is 0. The lowest BCUT2D eigenvalue weighted by Crippen LogP contribution is -2.56. The summed E-state index contributed by atoms with van der Waals surface area (Å²) in [5.74, 6) is 1.64. The molecule has 3 aromatic rings. The molecule has 4 fully saturated rings. The van der Waals surface area contributed by atoms with Crippen LogP contribution < -0.4 is 5.56 Å². The molecule has 0 radical (unpaired) electrons. The summed E-state index contributed by atoms with van der Waals surface area (Å²) in [5, 5.41) is 21.2. The molecule has 0 saturated heterocycles. The fraction of sp³-hybridized carbons (Fsp3) is 0.600. The van der Waals surface area contributed by atoms with E-state index in [1.165, 1.54) is 12.8 Å². The molecule has 3 heterocycles. The van der Waals surface area contributed by atoms with E-state index in [1.54, 1.807) is 0 Å². The van der Waals surface area contributed by atoms with Crippen molar-refractivity contribution in [2.45, 2.75) is 50.2 Å². The predicted molar refractivity (Wildman–Crippen MR) is 102 cm³/mol. The highest BCUT2D eigenvalue weighted by Crippen LogP contribution is 2.61. The highest BCUT2D eigenvalue weighted by molar-refractivity contribution is 6.00. The fourth-order valence-electron chi connectivity index (χ4n) is 6.58. The monoisotopic (exact) mass is 378 g/mol. The molecule has 144 valence electrons. The Kier molecular flexibility index (Phi) is 3.30. The lowest BCUT2D eigenvalue weighted by molar-refractivity contribution is -0.179. The van der Waals surface area contributed by atoms with Gasteiger partial charge in [-0.25, -0.2) is 0 Å². The van der Waals surface area contributed by atoms with E-state index >= 15 is 0 Å². The zero-order valence-corrected chi connectivity index (χ0v) is 15.5. The summed E-state index contributed by atoms with van der Waals surface area (Å²) >= 11 is 0. The molecule has 8 nitrogen and oxygen atoms in total. The van der Waals surface area contributed by atoms with Gasteiger partial charge in [0.05, 0.1) is 30.7 Å². The number of nitriles is 1. The van der Waals surface area contributed by atoms with Crippen LogP contribution in [0.15, 0.2) is 17.1 Å². The first-order valence-corrected chi connectivity index (χ1v) is 10.1. The summed E-state index contributed by atoms with van der Waals surface area (Å²) < 4.78 is 8.38. The van der Waals surface area contributed by atoms with Gasteiger partial charge in [0.2, 0.25) is 0 Å². The van der Waals surface area contributed by atoms with Crippen molar-refractivity contribution in [2.75, 3.05) is 6.61 Å². The third-order valence-electron chi connectivity index (χ3n) is 7.22. The average Bonchev–Trinajstić information content (AvgIpc) is 3.26. The second-order valence-electron chi connectivity index (χ2n) is 8.85. The SMILES string of the molecule is N#CCCOC12CC3CC(C1)C(n1[nH]c(=O)c4nnc5[nH]ccc5c41)C(C3)C2. The Morgan fingerprint density at radius 3 is 2.89 bits per heavy atom. The molecule has 0 amide bonds. The number of nitrogens with zero attached hydrogens (tertiary/aromatic N) is 4. The normalized spacial score (nSPS) is 33.7. The van der Waals surface area contributed by atoms with E-state index in [9.17, 15) is 4.79 Å². The number of ether oxygens (including phenoxy) is 1. The molecule has 0 aliphatic heterocycles. The molecule has 4 saturated carbocycles. The van der Waals surface area contributed by atoms with E-state index in [0.29, 0.717) is 41.9 Å². The van der Waals surface area contributed by atoms with E-state index in [-0.39, 0.29) is 17.2 Å². The highest BCUT2D eigenvalue weighted by Gasteiger charge is 2.57. The molecule has 4 bridgehead atoms. The second-order valence-corrected chi connectivity index (χ2v) is 8.85. The van der Waals surface area contributed by atoms with Gasteiger partial charge in [-0.3, -0.25) is 14.6 Å². The van der Waals surface area contributed by atoms with E-state index in [2.05, 4.69) is 31.0 Å². The molecule has 0 spiro atoms. The van der Waals surface area contributed by atoms with Gasteiger partial charge in [0, 0.05) is 11.6 Å². The van der Waals surface area contributed by atoms with Crippen molar-refractivity contribution in [2.24, 2.45) is 17.8 Å². The molecule has 2 atom stereocenters. The molecule has 2 unspecified atom stereocenters. The van der Waals surface area contributed by atoms with E-state index in [4.69, 9.17) is 10.00 Å². The van der Waals surface area contributed by atoms with Gasteiger partial charge in [-0.15, -0.1) is 10.2 Å². The minimum Gasteiger partial charge on any atom is -0.374 e. The number of rotatable bonds is 4. The van der Waals surface area contributed by atoms with Crippen LogP contribution in [0.4, 0.5) is 0 Å². The Balaban J connectivity index is 1.43. The summed E-state index contributed by atoms with van der Waals surface area (Å²) in [6.07, 6.45) is 7.79. The summed E-state index contributed by atoms with van der Waals surface area (Å²) in [6, 6.07) is 4.42. The van der Waals surface area contributed by atoms with Gasteiger partial charge < -0.3 is 9.72 Å². The van der Waals surface area contributed by atoms with E-state index in [1.807, 2.05) is 12.3 Å². The molecule has 4 aliphatic rings. The third kappa shape index (κ3) is 2.17. The molecule has 7 rings (SSSR count). The van der Waals surface area contributed by atoms with Gasteiger partial charge in [0.1, 0.15) is 5.52 Å². The van der Waals surface area contributed by atoms with E-state index < -0.39 is 0 Å². The van der Waals surface area contributed by atoms with Crippen molar-refractivity contribution in [1.82, 2.24) is 25.0 Å². The van der Waals surface area contributed by atoms with Crippen molar-refractivity contribution in [3.63, 3.8) is 0 Å². The van der Waals surface area contributed by atoms with Gasteiger partial charge in [0.25, 0.3) is 5.56 Å². The largest absolute Gasteiger partial charge is 0.374 e. The minimum absolute atomic E-state index is 0.0731. The lowest BCUT2D eigenvalue weighted by atomic mass is 9.52. The molecule has 2 N–H and O–H groups in total. The molecule has 8 heteroatoms. The van der Waals surface area contributed by atoms with E-state index in [0.717, 1.165) is 30.2 Å². The summed E-state index contributed by atoms with van der Waals surface area (Å²) in [4.78, 5) is 15.7. The van der Waals surface area contributed by atoms with Crippen molar-refractivity contribution >= 4 is 22.1 Å². The quantitative estimate of drug-likeness (QED) is 0.678. The fourth-order valence-corrected chi connectivity index (χ4v) is 6.58. The van der Waals surface area contributed by atoms with Crippen LogP contribution in [-0.4, -0.2) is 37.2 Å². The van der Waals surface area contributed by atoms with Gasteiger partial charge in [0.15, 0.2) is 11.2 Å². The first-order valence-electron chi connectivity index (χ1n) is 10.1. The van der Waals surface area contributed by atoms with Crippen molar-refractivity contribution < 1.29 is 4.74 Å². The molecule has 3 aromatic heterocycles. The van der Waals surface area contributed by atoms with Crippen molar-refractivity contribution in [3.05, 3.63) is 22.6 Å². The third-order valence-corrected chi connectivity index (χ3v) is 7.22. The number of fused-ring (bicyclic) bond motifs is 3. The maximum atomic E-state index is 12.6. The topological polar surface area (TPSA) is 112 Å². The van der Waals surface area contributed by atoms with Gasteiger partial charge in [-0.05, 0) is 55.9 Å². The number of aromatic amines is 2. The maximum Gasteiger partial charge on any atom is 0.292 e. The first kappa shape index (κ1) is 16.3. The van der Waals surface area contributed by atoms with Gasteiger partial charge >= 0.3 is 0 Å². The van der Waals surface area contributed by atoms with Crippen LogP contribution in [0.3, 0.4) is 0 Å². The Morgan fingerprint density at radius 1 is 1.29 bits per heavy atom. The number of hydrogen-bond donors (Lipinski definition) is 2. The maximum absolute atomic E-state index is 12.6. The van der Waals surface area contributed by atoms with Crippen molar-refractivity contribution in [1.29, 1.82) is 5.26 Å². The number of H-pyrrole nitrogens is 2. The molecule has 0 aromatic carbocycles. The number of nitrogens with one attached hydrogen (secondary N) is 2. The van der Waals surface area contributed by atoms with Crippen LogP contribution in [0.25, 0.3) is 22.1 Å². The van der Waals surface area contributed by atoms with Crippen molar-refractivity contribution in [3.8, 4) is 6.07 Å². The highest BCUT2D eigenvalue weighted by atomic mass is 16.5. The second kappa shape index (κ2) is 5.67. The van der Waals surface area contributed by atoms with Gasteiger partial charge in [-0.1, -0.05) is 0 Å². The molecule has 28 heavy (non-hydrogen) atoms. The predicted octanol–water partition coefficient (Wildman–Crippen LogP) is 2.65. The van der Waals surface area contributed by atoms with Gasteiger partial charge in [-0.2, -0.15) is 5.26 Å². The first-order chi connectivity index (χ1) is 13.7. The lowest BCUT2D eigenvalue weighted by Gasteiger charge is -2.59. The zero-order valence-electron chi connectivity index (χ0n) is 15.5.